The number of thiol groups is 1. The zero-order valence-corrected chi connectivity index (χ0v) is 16.6. The maximum absolute atomic E-state index is 12.7. The van der Waals surface area contributed by atoms with Crippen LogP contribution in [-0.4, -0.2) is 34.3 Å². The molecular formula is C19H20FN5O3S. The largest absolute Gasteiger partial charge is 0.350 e. The standard InChI is InChI=1S/C19H20FN5O3S/c1-13-6-17(16-4-2-14(3-5-16)11-29(27)28)22-9-18(13)24-12-23-25(19(24)26)10-15(7-20)8-21/h2-7,9,12,29H,8,10-11,21H2,1H3/b15-7+. The second kappa shape index (κ2) is 8.93. The Morgan fingerprint density at radius 3 is 2.59 bits per heavy atom. The predicted octanol–water partition coefficient (Wildman–Crippen LogP) is 1.33. The number of nitrogens with two attached hydrogens (primary N) is 1. The van der Waals surface area contributed by atoms with Crippen molar-refractivity contribution in [2.75, 3.05) is 6.54 Å². The molecule has 2 aromatic heterocycles. The molecule has 0 aliphatic heterocycles. The van der Waals surface area contributed by atoms with Gasteiger partial charge in [0, 0.05) is 12.1 Å². The molecule has 0 unspecified atom stereocenters. The Bertz CT molecular complexity index is 1170. The summed E-state index contributed by atoms with van der Waals surface area (Å²) in [5.41, 5.74) is 8.84. The van der Waals surface area contributed by atoms with E-state index >= 15 is 0 Å². The number of aromatic nitrogens is 4. The summed E-state index contributed by atoms with van der Waals surface area (Å²) in [7, 11) is -2.47. The van der Waals surface area contributed by atoms with Gasteiger partial charge in [0.05, 0.1) is 36.2 Å². The van der Waals surface area contributed by atoms with Crippen LogP contribution in [0, 0.1) is 6.92 Å². The molecule has 0 atom stereocenters. The molecule has 0 saturated carbocycles. The van der Waals surface area contributed by atoms with E-state index in [1.807, 2.05) is 13.0 Å². The molecule has 0 spiro atoms. The maximum atomic E-state index is 12.7. The monoisotopic (exact) mass is 417 g/mol. The van der Waals surface area contributed by atoms with Crippen molar-refractivity contribution in [3.63, 3.8) is 0 Å². The summed E-state index contributed by atoms with van der Waals surface area (Å²) < 4.78 is 36.9. The summed E-state index contributed by atoms with van der Waals surface area (Å²) in [6.45, 7) is 1.81. The van der Waals surface area contributed by atoms with Crippen LogP contribution in [0.1, 0.15) is 11.1 Å². The molecule has 0 saturated heterocycles. The number of hydrogen-bond acceptors (Lipinski definition) is 6. The minimum atomic E-state index is -2.47. The van der Waals surface area contributed by atoms with Gasteiger partial charge in [-0.15, -0.1) is 0 Å². The fourth-order valence-electron chi connectivity index (χ4n) is 2.84. The molecule has 2 heterocycles. The quantitative estimate of drug-likeness (QED) is 0.561. The normalized spacial score (nSPS) is 11.9. The summed E-state index contributed by atoms with van der Waals surface area (Å²) in [4.78, 5) is 17.0. The summed E-state index contributed by atoms with van der Waals surface area (Å²) in [5.74, 6) is -0.00260. The molecule has 1 aromatic carbocycles. The van der Waals surface area contributed by atoms with Gasteiger partial charge < -0.3 is 5.73 Å². The third-order valence-electron chi connectivity index (χ3n) is 4.41. The van der Waals surface area contributed by atoms with Crippen molar-refractivity contribution in [3.8, 4) is 16.9 Å². The highest BCUT2D eigenvalue weighted by Crippen LogP contribution is 2.21. The molecule has 3 aromatic rings. The minimum absolute atomic E-state index is 0.00260. The highest BCUT2D eigenvalue weighted by molar-refractivity contribution is 7.71. The molecule has 29 heavy (non-hydrogen) atoms. The minimum Gasteiger partial charge on any atom is -0.327 e. The topological polar surface area (TPSA) is 113 Å². The van der Waals surface area contributed by atoms with E-state index in [1.54, 1.807) is 30.5 Å². The number of aryl methyl sites for hydroxylation is 1. The smallest absolute Gasteiger partial charge is 0.327 e. The predicted molar refractivity (Wildman–Crippen MR) is 108 cm³/mol. The zero-order chi connectivity index (χ0) is 21.0. The van der Waals surface area contributed by atoms with E-state index in [9.17, 15) is 17.6 Å². The Morgan fingerprint density at radius 1 is 1.28 bits per heavy atom. The molecule has 2 N–H and O–H groups in total. The first-order valence-electron chi connectivity index (χ1n) is 8.73. The number of rotatable bonds is 7. The van der Waals surface area contributed by atoms with Crippen LogP contribution in [0.2, 0.25) is 0 Å². The lowest BCUT2D eigenvalue weighted by molar-refractivity contribution is 0.612. The molecule has 0 bridgehead atoms. The third kappa shape index (κ3) is 4.66. The zero-order valence-electron chi connectivity index (χ0n) is 15.7. The van der Waals surface area contributed by atoms with E-state index in [0.29, 0.717) is 23.3 Å². The number of nitrogens with zero attached hydrogens (tertiary/aromatic N) is 4. The summed E-state index contributed by atoms with van der Waals surface area (Å²) in [5, 5.41) is 4.01. The van der Waals surface area contributed by atoms with Crippen molar-refractivity contribution < 1.29 is 12.8 Å². The van der Waals surface area contributed by atoms with Crippen LogP contribution in [0.15, 0.2) is 59.6 Å². The van der Waals surface area contributed by atoms with Gasteiger partial charge in [-0.2, -0.15) is 5.10 Å². The molecule has 0 amide bonds. The van der Waals surface area contributed by atoms with E-state index in [0.717, 1.165) is 15.8 Å². The maximum Gasteiger partial charge on any atom is 0.350 e. The Kier molecular flexibility index (Phi) is 6.35. The van der Waals surface area contributed by atoms with Crippen molar-refractivity contribution in [1.29, 1.82) is 0 Å². The average Bonchev–Trinajstić information content (AvgIpc) is 3.06. The van der Waals surface area contributed by atoms with Crippen LogP contribution in [0.5, 0.6) is 0 Å². The summed E-state index contributed by atoms with van der Waals surface area (Å²) in [6.07, 6.45) is 3.31. The molecule has 8 nitrogen and oxygen atoms in total. The lowest BCUT2D eigenvalue weighted by Gasteiger charge is -2.08. The number of hydrogen-bond donors (Lipinski definition) is 2. The summed E-state index contributed by atoms with van der Waals surface area (Å²) in [6, 6.07) is 8.92. The fourth-order valence-corrected chi connectivity index (χ4v) is 3.34. The highest BCUT2D eigenvalue weighted by Gasteiger charge is 2.12. The van der Waals surface area contributed by atoms with Crippen molar-refractivity contribution in [2.24, 2.45) is 5.73 Å². The molecule has 152 valence electrons. The SMILES string of the molecule is Cc1cc(-c2ccc(C[SH](=O)=O)cc2)ncc1-n1cnn(C/C(=C/F)CN)c1=O. The van der Waals surface area contributed by atoms with Gasteiger partial charge in [-0.25, -0.2) is 26.9 Å². The van der Waals surface area contributed by atoms with E-state index in [4.69, 9.17) is 5.73 Å². The third-order valence-corrected chi connectivity index (χ3v) is 5.03. The van der Waals surface area contributed by atoms with Crippen LogP contribution in [0.4, 0.5) is 4.39 Å². The van der Waals surface area contributed by atoms with Crippen LogP contribution in [0.3, 0.4) is 0 Å². The molecule has 0 aliphatic rings. The Hall–Kier alpha value is -3.11. The Morgan fingerprint density at radius 2 is 2.00 bits per heavy atom. The summed E-state index contributed by atoms with van der Waals surface area (Å²) >= 11 is 0. The Labute approximate surface area is 168 Å². The van der Waals surface area contributed by atoms with Crippen molar-refractivity contribution in [1.82, 2.24) is 19.3 Å². The van der Waals surface area contributed by atoms with Crippen LogP contribution >= 0.6 is 0 Å². The average molecular weight is 417 g/mol. The number of pyridine rings is 1. The second-order valence-electron chi connectivity index (χ2n) is 6.46. The van der Waals surface area contributed by atoms with Gasteiger partial charge in [-0.3, -0.25) is 4.98 Å². The van der Waals surface area contributed by atoms with E-state index in [2.05, 4.69) is 10.1 Å². The van der Waals surface area contributed by atoms with Gasteiger partial charge in [-0.1, -0.05) is 24.3 Å². The molecular weight excluding hydrogens is 397 g/mol. The second-order valence-corrected chi connectivity index (χ2v) is 7.44. The van der Waals surface area contributed by atoms with Gasteiger partial charge in [-0.05, 0) is 29.7 Å². The van der Waals surface area contributed by atoms with Gasteiger partial charge in [0.25, 0.3) is 0 Å². The van der Waals surface area contributed by atoms with E-state index in [1.165, 1.54) is 10.9 Å². The first kappa shape index (κ1) is 20.6. The van der Waals surface area contributed by atoms with Crippen LogP contribution in [0.25, 0.3) is 16.9 Å². The number of halogens is 1. The van der Waals surface area contributed by atoms with E-state index in [-0.39, 0.29) is 24.4 Å². The molecule has 10 heteroatoms. The highest BCUT2D eigenvalue weighted by atomic mass is 32.2. The van der Waals surface area contributed by atoms with Crippen LogP contribution < -0.4 is 11.4 Å². The van der Waals surface area contributed by atoms with Crippen molar-refractivity contribution >= 4 is 10.7 Å². The first-order valence-corrected chi connectivity index (χ1v) is 10.1. The molecule has 0 radical (unpaired) electrons. The first-order chi connectivity index (χ1) is 13.9. The van der Waals surface area contributed by atoms with Gasteiger partial charge in [0.1, 0.15) is 17.0 Å². The molecule has 0 aliphatic carbocycles. The van der Waals surface area contributed by atoms with Gasteiger partial charge >= 0.3 is 5.69 Å². The van der Waals surface area contributed by atoms with Gasteiger partial charge in [0.15, 0.2) is 0 Å². The van der Waals surface area contributed by atoms with Gasteiger partial charge in [0.2, 0.25) is 0 Å². The Balaban J connectivity index is 1.89. The van der Waals surface area contributed by atoms with Crippen molar-refractivity contribution in [2.45, 2.75) is 19.2 Å². The number of benzene rings is 1. The van der Waals surface area contributed by atoms with Crippen molar-refractivity contribution in [3.05, 3.63) is 76.4 Å². The van der Waals surface area contributed by atoms with E-state index < -0.39 is 16.4 Å². The molecule has 0 fully saturated rings. The lowest BCUT2D eigenvalue weighted by atomic mass is 10.1. The van der Waals surface area contributed by atoms with Crippen LogP contribution in [-0.2, 0) is 23.0 Å². The molecule has 3 rings (SSSR count). The lowest BCUT2D eigenvalue weighted by Crippen LogP contribution is -2.26. The fraction of sp³-hybridized carbons (Fsp3) is 0.211.